The predicted molar refractivity (Wildman–Crippen MR) is 78.6 cm³/mol. The second kappa shape index (κ2) is 6.74. The Labute approximate surface area is 135 Å². The number of aryl methyl sites for hydroxylation is 4. The monoisotopic (exact) mass is 346 g/mol. The van der Waals surface area contributed by atoms with Gasteiger partial charge in [0.1, 0.15) is 23.5 Å². The molecule has 2 unspecified atom stereocenters. The quantitative estimate of drug-likeness (QED) is 0.788. The second-order valence-corrected chi connectivity index (χ2v) is 5.69. The van der Waals surface area contributed by atoms with E-state index in [1.54, 1.807) is 0 Å². The molecule has 2 atom stereocenters. The maximum Gasteiger partial charge on any atom is 0.253 e. The number of carbonyl (C=O) groups excluding carboxylic acids is 1. The highest BCUT2D eigenvalue weighted by atomic mass is 19.3. The Kier molecular flexibility index (Phi) is 5.10. The van der Waals surface area contributed by atoms with Crippen molar-refractivity contribution in [1.29, 1.82) is 0 Å². The molecule has 0 amide bonds. The number of H-pyrrole nitrogens is 2. The highest BCUT2D eigenvalue weighted by Gasteiger charge is 2.43. The fourth-order valence-electron chi connectivity index (χ4n) is 2.81. The molecule has 0 aliphatic carbocycles. The van der Waals surface area contributed by atoms with Crippen molar-refractivity contribution < 1.29 is 22.4 Å². The number of aromatic amines is 2. The summed E-state index contributed by atoms with van der Waals surface area (Å²) in [5, 5.41) is 0. The molecule has 5 nitrogen and oxygen atoms in total. The van der Waals surface area contributed by atoms with Gasteiger partial charge in [-0.15, -0.1) is 0 Å². The van der Waals surface area contributed by atoms with Crippen LogP contribution in [0, 0.1) is 27.7 Å². The van der Waals surface area contributed by atoms with Gasteiger partial charge in [-0.1, -0.05) is 0 Å². The molecule has 0 saturated heterocycles. The average Bonchev–Trinajstić information content (AvgIpc) is 2.92. The minimum absolute atomic E-state index is 0.205. The van der Waals surface area contributed by atoms with E-state index in [4.69, 9.17) is 0 Å². The molecule has 0 spiro atoms. The van der Waals surface area contributed by atoms with Crippen molar-refractivity contribution in [2.75, 3.05) is 0 Å². The summed E-state index contributed by atoms with van der Waals surface area (Å²) < 4.78 is 54.1. The van der Waals surface area contributed by atoms with Gasteiger partial charge in [-0.2, -0.15) is 0 Å². The molecule has 2 aromatic heterocycles. The van der Waals surface area contributed by atoms with Crippen LogP contribution in [0.5, 0.6) is 0 Å². The van der Waals surface area contributed by atoms with Gasteiger partial charge in [0.15, 0.2) is 5.78 Å². The van der Waals surface area contributed by atoms with Gasteiger partial charge >= 0.3 is 0 Å². The smallest absolute Gasteiger partial charge is 0.253 e. The zero-order valence-electron chi connectivity index (χ0n) is 13.6. The molecule has 9 heteroatoms. The molecule has 0 saturated carbocycles. The number of rotatable bonds is 6. The first-order chi connectivity index (χ1) is 11.1. The Morgan fingerprint density at radius 1 is 0.792 bits per heavy atom. The fourth-order valence-corrected chi connectivity index (χ4v) is 2.81. The normalized spacial score (nSPS) is 14.4. The highest BCUT2D eigenvalue weighted by molar-refractivity contribution is 5.92. The lowest BCUT2D eigenvalue weighted by Crippen LogP contribution is -2.31. The Morgan fingerprint density at radius 2 is 1.12 bits per heavy atom. The number of hydrogen-bond donors (Lipinski definition) is 2. The van der Waals surface area contributed by atoms with Crippen LogP contribution in [-0.2, 0) is 4.79 Å². The Morgan fingerprint density at radius 3 is 1.33 bits per heavy atom. The lowest BCUT2D eigenvalue weighted by molar-refractivity contribution is -0.128. The van der Waals surface area contributed by atoms with Gasteiger partial charge in [-0.3, -0.25) is 4.79 Å². The molecule has 0 aromatic carbocycles. The molecule has 2 N–H and O–H groups in total. The van der Waals surface area contributed by atoms with Crippen molar-refractivity contribution in [2.45, 2.75) is 52.4 Å². The van der Waals surface area contributed by atoms with Crippen molar-refractivity contribution >= 4 is 5.78 Å². The largest absolute Gasteiger partial charge is 0.346 e. The number of halogens is 4. The third-order valence-electron chi connectivity index (χ3n) is 3.79. The number of carbonyl (C=O) groups is 1. The van der Waals surface area contributed by atoms with Crippen molar-refractivity contribution in [3.05, 3.63) is 34.4 Å². The Balaban J connectivity index is 2.50. The molecular weight excluding hydrogens is 328 g/mol. The summed E-state index contributed by atoms with van der Waals surface area (Å²) in [4.78, 5) is 25.8. The van der Waals surface area contributed by atoms with E-state index >= 15 is 0 Å². The number of Topliss-reactive ketones (excluding diaryl/α,β-unsaturated/α-hetero) is 1. The van der Waals surface area contributed by atoms with E-state index in [0.29, 0.717) is 11.6 Å². The summed E-state index contributed by atoms with van der Waals surface area (Å²) in [5.74, 6) is -4.69. The van der Waals surface area contributed by atoms with Crippen LogP contribution in [0.25, 0.3) is 0 Å². The lowest BCUT2D eigenvalue weighted by Gasteiger charge is -2.20. The molecule has 0 aliphatic rings. The first kappa shape index (κ1) is 18.2. The van der Waals surface area contributed by atoms with Gasteiger partial charge < -0.3 is 9.97 Å². The van der Waals surface area contributed by atoms with E-state index < -0.39 is 30.5 Å². The van der Waals surface area contributed by atoms with Crippen LogP contribution in [0.3, 0.4) is 0 Å². The number of imidazole rings is 2. The topological polar surface area (TPSA) is 74.4 Å². The molecule has 0 fully saturated rings. The van der Waals surface area contributed by atoms with Crippen LogP contribution in [0.15, 0.2) is 0 Å². The summed E-state index contributed by atoms with van der Waals surface area (Å²) in [5.41, 5.74) is 0.106. The van der Waals surface area contributed by atoms with E-state index in [1.807, 2.05) is 0 Å². The van der Waals surface area contributed by atoms with E-state index in [9.17, 15) is 22.4 Å². The maximum absolute atomic E-state index is 13.5. The van der Waals surface area contributed by atoms with E-state index in [-0.39, 0.29) is 22.8 Å². The molecule has 0 aliphatic heterocycles. The van der Waals surface area contributed by atoms with Gasteiger partial charge in [-0.25, -0.2) is 27.5 Å². The number of ketones is 1. The number of nitrogens with one attached hydrogen (secondary N) is 2. The molecule has 0 radical (unpaired) electrons. The molecule has 2 heterocycles. The lowest BCUT2D eigenvalue weighted by atomic mass is 9.87. The van der Waals surface area contributed by atoms with Gasteiger partial charge in [-0.05, 0) is 27.7 Å². The summed E-state index contributed by atoms with van der Waals surface area (Å²) in [6.45, 7) is 6.02. The van der Waals surface area contributed by atoms with Crippen LogP contribution < -0.4 is 0 Å². The zero-order chi connectivity index (χ0) is 18.2. The molecule has 2 aromatic rings. The minimum Gasteiger partial charge on any atom is -0.346 e. The van der Waals surface area contributed by atoms with Crippen molar-refractivity contribution in [1.82, 2.24) is 19.9 Å². The molecule has 0 bridgehead atoms. The maximum atomic E-state index is 13.5. The number of aromatic nitrogens is 4. The van der Waals surface area contributed by atoms with Crippen LogP contribution in [0.2, 0.25) is 0 Å². The van der Waals surface area contributed by atoms with Crippen molar-refractivity contribution in [2.24, 2.45) is 0 Å². The number of hydrogen-bond acceptors (Lipinski definition) is 3. The van der Waals surface area contributed by atoms with Gasteiger partial charge in [0.05, 0.1) is 11.4 Å². The number of nitrogens with zero attached hydrogens (tertiary/aromatic N) is 2. The third kappa shape index (κ3) is 3.34. The minimum atomic E-state index is -3.15. The first-order valence-electron chi connectivity index (χ1n) is 7.29. The summed E-state index contributed by atoms with van der Waals surface area (Å²) in [7, 11) is 0. The third-order valence-corrected chi connectivity index (χ3v) is 3.79. The van der Waals surface area contributed by atoms with Crippen LogP contribution in [0.4, 0.5) is 17.6 Å². The Bertz CT molecular complexity index is 678. The van der Waals surface area contributed by atoms with E-state index in [1.165, 1.54) is 27.7 Å². The summed E-state index contributed by atoms with van der Waals surface area (Å²) in [6.07, 6.45) is -6.30. The zero-order valence-corrected chi connectivity index (χ0v) is 13.6. The van der Waals surface area contributed by atoms with Crippen molar-refractivity contribution in [3.8, 4) is 0 Å². The standard InChI is InChI=1S/C15H18F4N4O/c1-5-11(22-7(3)20-5)9(14(16)17)13(24)10(15(18)19)12-6(2)21-8(4)23-12/h9-10,14-15H,1-4H3,(H,20,22)(H,21,23). The molecule has 24 heavy (non-hydrogen) atoms. The highest BCUT2D eigenvalue weighted by Crippen LogP contribution is 2.35. The second-order valence-electron chi connectivity index (χ2n) is 5.69. The molecule has 2 rings (SSSR count). The van der Waals surface area contributed by atoms with Crippen molar-refractivity contribution in [3.63, 3.8) is 0 Å². The molecule has 132 valence electrons. The molecular formula is C15H18F4N4O. The van der Waals surface area contributed by atoms with E-state index in [2.05, 4.69) is 19.9 Å². The number of alkyl halides is 4. The Hall–Kier alpha value is -2.19. The summed E-state index contributed by atoms with van der Waals surface area (Å²) in [6, 6.07) is 0. The fraction of sp³-hybridized carbons (Fsp3) is 0.533. The summed E-state index contributed by atoms with van der Waals surface area (Å²) >= 11 is 0. The van der Waals surface area contributed by atoms with E-state index in [0.717, 1.165) is 0 Å². The SMILES string of the molecule is Cc1nc(C(C(=O)C(c2nc(C)[nH]c2C)C(F)F)C(F)F)c(C)[nH]1. The predicted octanol–water partition coefficient (Wildman–Crippen LogP) is 3.33. The van der Waals surface area contributed by atoms with Gasteiger partial charge in [0.25, 0.3) is 12.9 Å². The first-order valence-corrected chi connectivity index (χ1v) is 7.29. The van der Waals surface area contributed by atoms with Crippen LogP contribution >= 0.6 is 0 Å². The van der Waals surface area contributed by atoms with Gasteiger partial charge in [0, 0.05) is 11.4 Å². The van der Waals surface area contributed by atoms with Gasteiger partial charge in [0.2, 0.25) is 0 Å². The van der Waals surface area contributed by atoms with Crippen LogP contribution in [-0.4, -0.2) is 38.6 Å². The van der Waals surface area contributed by atoms with Crippen LogP contribution in [0.1, 0.15) is 46.3 Å². The average molecular weight is 346 g/mol.